The van der Waals surface area contributed by atoms with Crippen LogP contribution in [0.3, 0.4) is 0 Å². The molecule has 0 atom stereocenters. The van der Waals surface area contributed by atoms with Gasteiger partial charge in [0, 0.05) is 6.42 Å². The topological polar surface area (TPSA) is 78.3 Å². The van der Waals surface area contributed by atoms with Gasteiger partial charge in [0.2, 0.25) is 5.91 Å². The van der Waals surface area contributed by atoms with E-state index in [1.54, 1.807) is 0 Å². The number of carbonyl (C=O) groups excluding carboxylic acids is 1. The van der Waals surface area contributed by atoms with Crippen molar-refractivity contribution in [3.8, 4) is 0 Å². The summed E-state index contributed by atoms with van der Waals surface area (Å²) in [6.45, 7) is 0.554. The molecule has 60 valence electrons. The maximum Gasteiger partial charge on any atom is 0.217 e. The van der Waals surface area contributed by atoms with Crippen molar-refractivity contribution in [3.63, 3.8) is 0 Å². The third-order valence-electron chi connectivity index (χ3n) is 1.19. The number of carbonyl (C=O) groups is 1. The maximum atomic E-state index is 10.2. The molecule has 0 spiro atoms. The number of hydrogen-bond donors (Lipinski definition) is 2. The summed E-state index contributed by atoms with van der Waals surface area (Å²) in [4.78, 5) is 14.5. The summed E-state index contributed by atoms with van der Waals surface area (Å²) in [6.07, 6.45) is 3.13. The van der Waals surface area contributed by atoms with E-state index in [1.807, 2.05) is 0 Å². The Balaban J connectivity index is 2.84. The first kappa shape index (κ1) is 9.39. The molecule has 0 heterocycles. The molecule has 0 rings (SSSR count). The lowest BCUT2D eigenvalue weighted by Crippen LogP contribution is -2.09. The van der Waals surface area contributed by atoms with E-state index in [2.05, 4.69) is 4.84 Å². The fraction of sp³-hybridized carbons (Fsp3) is 0.833. The summed E-state index contributed by atoms with van der Waals surface area (Å²) in [6, 6.07) is 0. The van der Waals surface area contributed by atoms with Gasteiger partial charge in [-0.3, -0.25) is 4.79 Å². The smallest absolute Gasteiger partial charge is 0.217 e. The molecule has 10 heavy (non-hydrogen) atoms. The van der Waals surface area contributed by atoms with Crippen molar-refractivity contribution in [2.45, 2.75) is 25.7 Å². The minimum Gasteiger partial charge on any atom is -0.370 e. The van der Waals surface area contributed by atoms with E-state index in [-0.39, 0.29) is 5.91 Å². The zero-order chi connectivity index (χ0) is 7.82. The molecule has 0 aromatic heterocycles. The lowest BCUT2D eigenvalue weighted by molar-refractivity contribution is -0.118. The van der Waals surface area contributed by atoms with Gasteiger partial charge in [0.15, 0.2) is 0 Å². The van der Waals surface area contributed by atoms with E-state index in [0.717, 1.165) is 19.3 Å². The van der Waals surface area contributed by atoms with E-state index >= 15 is 0 Å². The molecule has 0 bridgehead atoms. The Kier molecular flexibility index (Phi) is 6.11. The minimum absolute atomic E-state index is 0.242. The van der Waals surface area contributed by atoms with Gasteiger partial charge in [0.25, 0.3) is 0 Å². The number of primary amides is 1. The Labute approximate surface area is 60.5 Å². The third-order valence-corrected chi connectivity index (χ3v) is 1.19. The van der Waals surface area contributed by atoms with Crippen molar-refractivity contribution in [1.82, 2.24) is 0 Å². The van der Waals surface area contributed by atoms with Gasteiger partial charge in [0.05, 0.1) is 6.61 Å². The van der Waals surface area contributed by atoms with Gasteiger partial charge in [-0.2, -0.15) is 0 Å². The second-order valence-corrected chi connectivity index (χ2v) is 2.15. The molecule has 0 unspecified atom stereocenters. The molecule has 0 saturated carbocycles. The van der Waals surface area contributed by atoms with Crippen LogP contribution in [0.2, 0.25) is 0 Å². The SMILES string of the molecule is NOCCCCCC(N)=O. The van der Waals surface area contributed by atoms with Crippen LogP contribution in [0, 0.1) is 0 Å². The van der Waals surface area contributed by atoms with Crippen LogP contribution >= 0.6 is 0 Å². The van der Waals surface area contributed by atoms with E-state index in [0.29, 0.717) is 13.0 Å². The van der Waals surface area contributed by atoms with Gasteiger partial charge in [-0.1, -0.05) is 6.42 Å². The summed E-state index contributed by atoms with van der Waals surface area (Å²) in [5.74, 6) is 4.54. The first-order valence-electron chi connectivity index (χ1n) is 3.37. The molecule has 0 aliphatic heterocycles. The second-order valence-electron chi connectivity index (χ2n) is 2.15. The highest BCUT2D eigenvalue weighted by molar-refractivity contribution is 5.73. The molecule has 0 fully saturated rings. The molecule has 4 nitrogen and oxygen atoms in total. The lowest BCUT2D eigenvalue weighted by Gasteiger charge is -1.96. The quantitative estimate of drug-likeness (QED) is 0.406. The van der Waals surface area contributed by atoms with Crippen molar-refractivity contribution >= 4 is 5.91 Å². The van der Waals surface area contributed by atoms with Crippen molar-refractivity contribution in [2.75, 3.05) is 6.61 Å². The van der Waals surface area contributed by atoms with Crippen LogP contribution in [0.1, 0.15) is 25.7 Å². The van der Waals surface area contributed by atoms with Crippen molar-refractivity contribution < 1.29 is 9.63 Å². The number of nitrogens with two attached hydrogens (primary N) is 2. The first-order valence-corrected chi connectivity index (χ1v) is 3.37. The van der Waals surface area contributed by atoms with Gasteiger partial charge in [-0.15, -0.1) is 0 Å². The summed E-state index contributed by atoms with van der Waals surface area (Å²) >= 11 is 0. The molecule has 4 N–H and O–H groups in total. The number of amides is 1. The number of unbranched alkanes of at least 4 members (excludes halogenated alkanes) is 2. The van der Waals surface area contributed by atoms with Gasteiger partial charge < -0.3 is 10.6 Å². The monoisotopic (exact) mass is 146 g/mol. The van der Waals surface area contributed by atoms with Crippen LogP contribution in [0.15, 0.2) is 0 Å². The zero-order valence-corrected chi connectivity index (χ0v) is 6.01. The van der Waals surface area contributed by atoms with Crippen molar-refractivity contribution in [1.29, 1.82) is 0 Å². The molecule has 0 aromatic rings. The molecule has 0 aromatic carbocycles. The molecular weight excluding hydrogens is 132 g/mol. The second kappa shape index (κ2) is 6.51. The first-order chi connectivity index (χ1) is 4.77. The number of hydrogen-bond acceptors (Lipinski definition) is 3. The fourth-order valence-corrected chi connectivity index (χ4v) is 0.661. The normalized spacial score (nSPS) is 9.70. The number of rotatable bonds is 6. The summed E-state index contributed by atoms with van der Waals surface area (Å²) in [5.41, 5.74) is 4.91. The molecule has 4 heteroatoms. The Bertz CT molecular complexity index is 95.7. The van der Waals surface area contributed by atoms with E-state index in [9.17, 15) is 4.79 Å². The third kappa shape index (κ3) is 7.39. The zero-order valence-electron chi connectivity index (χ0n) is 6.01. The van der Waals surface area contributed by atoms with Crippen LogP contribution in [0.4, 0.5) is 0 Å². The van der Waals surface area contributed by atoms with Crippen LogP contribution in [-0.2, 0) is 9.63 Å². The average Bonchev–Trinajstić information content (AvgIpc) is 1.87. The highest BCUT2D eigenvalue weighted by Crippen LogP contribution is 1.97. The van der Waals surface area contributed by atoms with Crippen LogP contribution < -0.4 is 11.6 Å². The predicted molar refractivity (Wildman–Crippen MR) is 37.8 cm³/mol. The lowest BCUT2D eigenvalue weighted by atomic mass is 10.2. The Morgan fingerprint density at radius 3 is 2.50 bits per heavy atom. The molecular formula is C6H14N2O2. The van der Waals surface area contributed by atoms with Crippen LogP contribution in [0.25, 0.3) is 0 Å². The fourth-order valence-electron chi connectivity index (χ4n) is 0.661. The van der Waals surface area contributed by atoms with Gasteiger partial charge in [-0.05, 0) is 12.8 Å². The van der Waals surface area contributed by atoms with E-state index in [4.69, 9.17) is 11.6 Å². The van der Waals surface area contributed by atoms with Gasteiger partial charge >= 0.3 is 0 Å². The largest absolute Gasteiger partial charge is 0.370 e. The highest BCUT2D eigenvalue weighted by Gasteiger charge is 1.93. The highest BCUT2D eigenvalue weighted by atomic mass is 16.6. The predicted octanol–water partition coefficient (Wildman–Crippen LogP) is -0.0776. The summed E-state index contributed by atoms with van der Waals surface area (Å²) in [5, 5.41) is 0. The molecule has 0 aliphatic rings. The minimum atomic E-state index is -0.242. The molecule has 1 amide bonds. The van der Waals surface area contributed by atoms with Crippen molar-refractivity contribution in [3.05, 3.63) is 0 Å². The Morgan fingerprint density at radius 2 is 2.00 bits per heavy atom. The van der Waals surface area contributed by atoms with Crippen LogP contribution in [0.5, 0.6) is 0 Å². The Morgan fingerprint density at radius 1 is 1.30 bits per heavy atom. The maximum absolute atomic E-state index is 10.2. The molecule has 0 radical (unpaired) electrons. The van der Waals surface area contributed by atoms with Crippen LogP contribution in [-0.4, -0.2) is 12.5 Å². The summed E-state index contributed by atoms with van der Waals surface area (Å²) < 4.78 is 0. The van der Waals surface area contributed by atoms with Gasteiger partial charge in [-0.25, -0.2) is 5.90 Å². The standard InChI is InChI=1S/C6H14N2O2/c7-6(9)4-2-1-3-5-10-8/h1-5,8H2,(H2,7,9). The summed E-state index contributed by atoms with van der Waals surface area (Å²) in [7, 11) is 0. The average molecular weight is 146 g/mol. The molecule has 0 aliphatic carbocycles. The molecule has 0 saturated heterocycles. The van der Waals surface area contributed by atoms with E-state index in [1.165, 1.54) is 0 Å². The van der Waals surface area contributed by atoms with Crippen molar-refractivity contribution in [2.24, 2.45) is 11.6 Å². The van der Waals surface area contributed by atoms with E-state index < -0.39 is 0 Å². The Hall–Kier alpha value is -0.610. The van der Waals surface area contributed by atoms with Gasteiger partial charge in [0.1, 0.15) is 0 Å².